The number of benzene rings is 3. The summed E-state index contributed by atoms with van der Waals surface area (Å²) in [6, 6.07) is 17.9. The Balaban J connectivity index is 1.72. The zero-order chi connectivity index (χ0) is 35.6. The van der Waals surface area contributed by atoms with Gasteiger partial charge in [0.05, 0.1) is 33.5 Å². The first-order valence-corrected chi connectivity index (χ1v) is 16.6. The van der Waals surface area contributed by atoms with E-state index in [1.807, 2.05) is 24.3 Å². The number of carbonyl (C=O) groups excluding carboxylic acids is 2. The number of aliphatic hydroxyl groups excluding tert-OH is 1. The van der Waals surface area contributed by atoms with Gasteiger partial charge in [-0.05, 0) is 57.5 Å². The van der Waals surface area contributed by atoms with Crippen molar-refractivity contribution in [2.45, 2.75) is 63.8 Å². The Labute approximate surface area is 295 Å². The number of hydrogen-bond acceptors (Lipinski definition) is 11. The molecule has 0 spiro atoms. The van der Waals surface area contributed by atoms with Gasteiger partial charge in [-0.1, -0.05) is 34.1 Å². The molecule has 1 aliphatic heterocycles. The standard InChI is InChI=1S/C36H44BrN3O9/c1-35(2,3)49-31(42)16-17-36(34(43)40-38-22-27-29(45-5)20-25(44-4)21-30(27)46-6)32(26-10-7-8-11-28(26)37)48-33(39-36)23-12-14-24(15-13-23)47-19-9-18-41/h7-8,10-15,20-21,32,38,41H,9,16-19,22H2,1-6H3,(H,40,43)/t32-,36-/m0/s1. The number of halogens is 1. The number of carbonyl (C=O) groups is 2. The summed E-state index contributed by atoms with van der Waals surface area (Å²) in [6.45, 7) is 5.88. The normalized spacial score (nSPS) is 17.1. The van der Waals surface area contributed by atoms with Gasteiger partial charge >= 0.3 is 5.97 Å². The van der Waals surface area contributed by atoms with E-state index in [0.717, 1.165) is 0 Å². The number of amides is 1. The van der Waals surface area contributed by atoms with Crippen molar-refractivity contribution in [1.29, 1.82) is 0 Å². The van der Waals surface area contributed by atoms with Crippen LogP contribution in [0.2, 0.25) is 0 Å². The maximum Gasteiger partial charge on any atom is 0.306 e. The maximum absolute atomic E-state index is 14.5. The third-order valence-corrected chi connectivity index (χ3v) is 8.35. The number of aliphatic imine (C=N–C) groups is 1. The van der Waals surface area contributed by atoms with Crippen LogP contribution in [-0.4, -0.2) is 68.6 Å². The van der Waals surface area contributed by atoms with Gasteiger partial charge in [0, 0.05) is 53.7 Å². The molecule has 0 unspecified atom stereocenters. The quantitative estimate of drug-likeness (QED) is 0.0987. The van der Waals surface area contributed by atoms with E-state index in [1.54, 1.807) is 64.3 Å². The van der Waals surface area contributed by atoms with Crippen LogP contribution < -0.4 is 29.8 Å². The zero-order valence-corrected chi connectivity index (χ0v) is 30.2. The molecule has 0 saturated heterocycles. The van der Waals surface area contributed by atoms with E-state index in [4.69, 9.17) is 38.5 Å². The summed E-state index contributed by atoms with van der Waals surface area (Å²) in [4.78, 5) is 32.5. The largest absolute Gasteiger partial charge is 0.496 e. The van der Waals surface area contributed by atoms with Gasteiger partial charge in [-0.25, -0.2) is 10.4 Å². The highest BCUT2D eigenvalue weighted by atomic mass is 79.9. The molecule has 2 atom stereocenters. The van der Waals surface area contributed by atoms with Gasteiger partial charge in [-0.3, -0.25) is 15.0 Å². The highest BCUT2D eigenvalue weighted by molar-refractivity contribution is 9.10. The number of aliphatic hydroxyl groups is 1. The van der Waals surface area contributed by atoms with Crippen molar-refractivity contribution in [3.8, 4) is 23.0 Å². The lowest BCUT2D eigenvalue weighted by Crippen LogP contribution is -2.52. The molecule has 3 aromatic rings. The van der Waals surface area contributed by atoms with E-state index >= 15 is 0 Å². The van der Waals surface area contributed by atoms with E-state index in [-0.39, 0.29) is 31.9 Å². The van der Waals surface area contributed by atoms with Crippen LogP contribution in [0.3, 0.4) is 0 Å². The van der Waals surface area contributed by atoms with Crippen molar-refractivity contribution in [3.05, 3.63) is 81.8 Å². The summed E-state index contributed by atoms with van der Waals surface area (Å²) >= 11 is 3.63. The Morgan fingerprint density at radius 3 is 2.24 bits per heavy atom. The molecule has 1 aliphatic rings. The van der Waals surface area contributed by atoms with Crippen LogP contribution in [0.25, 0.3) is 0 Å². The minimum absolute atomic E-state index is 0.0253. The molecule has 0 radical (unpaired) electrons. The molecule has 49 heavy (non-hydrogen) atoms. The third kappa shape index (κ3) is 9.43. The van der Waals surface area contributed by atoms with E-state index in [2.05, 4.69) is 26.8 Å². The van der Waals surface area contributed by atoms with Crippen LogP contribution >= 0.6 is 15.9 Å². The summed E-state index contributed by atoms with van der Waals surface area (Å²) in [5.74, 6) is 1.38. The number of esters is 1. The third-order valence-electron chi connectivity index (χ3n) is 7.63. The van der Waals surface area contributed by atoms with Gasteiger partial charge in [0.2, 0.25) is 5.90 Å². The first kappa shape index (κ1) is 37.5. The first-order chi connectivity index (χ1) is 23.4. The fraction of sp³-hybridized carbons (Fsp3) is 0.417. The minimum atomic E-state index is -1.60. The second kappa shape index (κ2) is 16.9. The van der Waals surface area contributed by atoms with Crippen molar-refractivity contribution < 1.29 is 43.1 Å². The molecule has 3 aromatic carbocycles. The molecule has 3 N–H and O–H groups in total. The molecule has 12 nitrogen and oxygen atoms in total. The molecule has 13 heteroatoms. The average Bonchev–Trinajstić information content (AvgIpc) is 3.47. The summed E-state index contributed by atoms with van der Waals surface area (Å²) < 4.78 is 35.0. The summed E-state index contributed by atoms with van der Waals surface area (Å²) in [7, 11) is 4.61. The fourth-order valence-electron chi connectivity index (χ4n) is 5.29. The van der Waals surface area contributed by atoms with Gasteiger partial charge in [0.15, 0.2) is 11.6 Å². The number of nitrogens with one attached hydrogen (secondary N) is 2. The number of nitrogens with zero attached hydrogens (tertiary/aromatic N) is 1. The Bertz CT molecular complexity index is 1600. The molecule has 0 saturated carbocycles. The second-order valence-corrected chi connectivity index (χ2v) is 13.1. The molecule has 1 amide bonds. The Kier molecular flexibility index (Phi) is 12.9. The monoisotopic (exact) mass is 741 g/mol. The summed E-state index contributed by atoms with van der Waals surface area (Å²) in [6.07, 6.45) is -0.550. The lowest BCUT2D eigenvalue weighted by atomic mass is 9.83. The minimum Gasteiger partial charge on any atom is -0.496 e. The molecule has 0 aromatic heterocycles. The van der Waals surface area contributed by atoms with Crippen molar-refractivity contribution in [1.82, 2.24) is 10.9 Å². The molecule has 0 bridgehead atoms. The molecule has 1 heterocycles. The fourth-order valence-corrected chi connectivity index (χ4v) is 5.79. The van der Waals surface area contributed by atoms with Crippen LogP contribution in [0.4, 0.5) is 0 Å². The maximum atomic E-state index is 14.5. The van der Waals surface area contributed by atoms with E-state index in [9.17, 15) is 9.59 Å². The Morgan fingerprint density at radius 1 is 0.980 bits per heavy atom. The zero-order valence-electron chi connectivity index (χ0n) is 28.6. The number of rotatable bonds is 16. The molecular formula is C36H44BrN3O9. The van der Waals surface area contributed by atoms with Gasteiger partial charge in [-0.2, -0.15) is 0 Å². The number of ether oxygens (including phenoxy) is 6. The van der Waals surface area contributed by atoms with Crippen molar-refractivity contribution >= 4 is 33.7 Å². The van der Waals surface area contributed by atoms with Crippen LogP contribution in [0.15, 0.2) is 70.1 Å². The van der Waals surface area contributed by atoms with Gasteiger partial charge in [0.1, 0.15) is 28.6 Å². The molecular weight excluding hydrogens is 698 g/mol. The molecule has 4 rings (SSSR count). The van der Waals surface area contributed by atoms with Crippen LogP contribution in [-0.2, 0) is 25.6 Å². The van der Waals surface area contributed by atoms with Crippen LogP contribution in [0, 0.1) is 0 Å². The number of methoxy groups -OCH3 is 3. The predicted octanol–water partition coefficient (Wildman–Crippen LogP) is 5.44. The topological polar surface area (TPSA) is 146 Å². The summed E-state index contributed by atoms with van der Waals surface area (Å²) in [5.41, 5.74) is 5.43. The Hall–Kier alpha value is -4.33. The number of hydrogen-bond donors (Lipinski definition) is 3. The number of hydrazine groups is 1. The highest BCUT2D eigenvalue weighted by Crippen LogP contribution is 2.45. The van der Waals surface area contributed by atoms with Gasteiger partial charge in [0.25, 0.3) is 5.91 Å². The highest BCUT2D eigenvalue weighted by Gasteiger charge is 2.54. The van der Waals surface area contributed by atoms with Crippen LogP contribution in [0.1, 0.15) is 62.8 Å². The average molecular weight is 743 g/mol. The molecule has 0 aliphatic carbocycles. The first-order valence-electron chi connectivity index (χ1n) is 15.8. The molecule has 264 valence electrons. The van der Waals surface area contributed by atoms with E-state index < -0.39 is 29.1 Å². The lowest BCUT2D eigenvalue weighted by Gasteiger charge is -2.31. The van der Waals surface area contributed by atoms with E-state index in [1.165, 1.54) is 14.2 Å². The van der Waals surface area contributed by atoms with Gasteiger partial charge in [-0.15, -0.1) is 0 Å². The lowest BCUT2D eigenvalue weighted by molar-refractivity contribution is -0.155. The van der Waals surface area contributed by atoms with E-state index in [0.29, 0.717) is 57.2 Å². The molecule has 0 fully saturated rings. The SMILES string of the molecule is COc1cc(OC)c(CNNC(=O)[C@@]2(CCC(=O)OC(C)(C)C)N=C(c3ccc(OCCCO)cc3)O[C@H]2c2ccccc2Br)c(OC)c1. The van der Waals surface area contributed by atoms with Crippen LogP contribution in [0.5, 0.6) is 23.0 Å². The second-order valence-electron chi connectivity index (χ2n) is 12.2. The van der Waals surface area contributed by atoms with Crippen molar-refractivity contribution in [3.63, 3.8) is 0 Å². The smallest absolute Gasteiger partial charge is 0.306 e. The van der Waals surface area contributed by atoms with Crippen molar-refractivity contribution in [2.24, 2.45) is 4.99 Å². The van der Waals surface area contributed by atoms with Gasteiger partial charge < -0.3 is 33.5 Å². The Morgan fingerprint density at radius 2 is 1.65 bits per heavy atom. The summed E-state index contributed by atoms with van der Waals surface area (Å²) in [5, 5.41) is 9.08. The van der Waals surface area contributed by atoms with Crippen molar-refractivity contribution in [2.75, 3.05) is 34.5 Å². The predicted molar refractivity (Wildman–Crippen MR) is 187 cm³/mol.